The third-order valence-corrected chi connectivity index (χ3v) is 6.14. The highest BCUT2D eigenvalue weighted by Gasteiger charge is 2.30. The molecule has 0 bridgehead atoms. The number of hydrogen-bond donors (Lipinski definition) is 1. The lowest BCUT2D eigenvalue weighted by molar-refractivity contribution is -0.137. The highest BCUT2D eigenvalue weighted by atomic mass is 32.1. The number of nitrogens with one attached hydrogen (secondary N) is 1. The first kappa shape index (κ1) is 21.9. The van der Waals surface area contributed by atoms with E-state index in [2.05, 4.69) is 20.5 Å². The van der Waals surface area contributed by atoms with Crippen LogP contribution < -0.4 is 10.1 Å². The summed E-state index contributed by atoms with van der Waals surface area (Å²) in [7, 11) is 0. The third-order valence-electron chi connectivity index (χ3n) is 4.18. The summed E-state index contributed by atoms with van der Waals surface area (Å²) in [4.78, 5) is 17.3. The molecule has 0 unspecified atom stereocenters. The molecule has 6 nitrogen and oxygen atoms in total. The van der Waals surface area contributed by atoms with E-state index in [9.17, 15) is 18.0 Å². The summed E-state index contributed by atoms with van der Waals surface area (Å²) in [5, 5.41) is 12.0. The number of carbonyl (C=O) groups is 1. The van der Waals surface area contributed by atoms with Gasteiger partial charge in [0.15, 0.2) is 5.13 Å². The van der Waals surface area contributed by atoms with Crippen LogP contribution in [0.2, 0.25) is 0 Å². The minimum Gasteiger partial charge on any atom is -0.494 e. The first-order valence-corrected chi connectivity index (χ1v) is 11.0. The second-order valence-corrected chi connectivity index (χ2v) is 8.47. The molecule has 4 rings (SSSR count). The number of anilines is 1. The normalized spacial score (nSPS) is 11.9. The number of benzene rings is 2. The number of azo groups is 1. The number of halogens is 3. The van der Waals surface area contributed by atoms with E-state index in [0.29, 0.717) is 27.3 Å². The second kappa shape index (κ2) is 9.05. The van der Waals surface area contributed by atoms with Crippen molar-refractivity contribution in [1.82, 2.24) is 4.98 Å². The van der Waals surface area contributed by atoms with Crippen LogP contribution >= 0.6 is 22.7 Å². The molecule has 32 heavy (non-hydrogen) atoms. The molecule has 0 saturated heterocycles. The Morgan fingerprint density at radius 1 is 1.06 bits per heavy atom. The van der Waals surface area contributed by atoms with Crippen molar-refractivity contribution < 1.29 is 22.7 Å². The number of nitrogens with zero attached hydrogens (tertiary/aromatic N) is 3. The summed E-state index contributed by atoms with van der Waals surface area (Å²) in [5.41, 5.74) is -0.0141. The minimum atomic E-state index is -4.45. The number of hydrogen-bond acceptors (Lipinski definition) is 7. The highest BCUT2D eigenvalue weighted by molar-refractivity contribution is 7.30. The number of thiazole rings is 1. The van der Waals surface area contributed by atoms with Gasteiger partial charge in [-0.05, 0) is 61.5 Å². The van der Waals surface area contributed by atoms with Crippen LogP contribution in [0, 0.1) is 0 Å². The predicted octanol–water partition coefficient (Wildman–Crippen LogP) is 7.44. The van der Waals surface area contributed by atoms with Crippen molar-refractivity contribution in [3.8, 4) is 5.75 Å². The lowest BCUT2D eigenvalue weighted by atomic mass is 10.1. The molecule has 0 aliphatic heterocycles. The lowest BCUT2D eigenvalue weighted by Gasteiger charge is -2.07. The van der Waals surface area contributed by atoms with E-state index in [1.807, 2.05) is 25.1 Å². The molecular formula is C21H15F3N4O2S2. The molecule has 4 aromatic rings. The van der Waals surface area contributed by atoms with Gasteiger partial charge >= 0.3 is 6.18 Å². The Hall–Kier alpha value is -3.31. The maximum absolute atomic E-state index is 12.7. The summed E-state index contributed by atoms with van der Waals surface area (Å²) in [6.45, 7) is 2.50. The van der Waals surface area contributed by atoms with Crippen LogP contribution in [0.15, 0.2) is 64.8 Å². The van der Waals surface area contributed by atoms with E-state index in [-0.39, 0.29) is 5.56 Å². The molecule has 0 aliphatic carbocycles. The molecular weight excluding hydrogens is 461 g/mol. The van der Waals surface area contributed by atoms with E-state index in [4.69, 9.17) is 4.74 Å². The van der Waals surface area contributed by atoms with Gasteiger partial charge in [-0.15, -0.1) is 10.2 Å². The van der Waals surface area contributed by atoms with Crippen LogP contribution in [-0.2, 0) is 6.18 Å². The van der Waals surface area contributed by atoms with Crippen molar-refractivity contribution in [2.75, 3.05) is 11.9 Å². The first-order chi connectivity index (χ1) is 15.3. The average molecular weight is 477 g/mol. The summed E-state index contributed by atoms with van der Waals surface area (Å²) < 4.78 is 44.2. The molecule has 2 heterocycles. The fourth-order valence-electron chi connectivity index (χ4n) is 2.69. The third kappa shape index (κ3) is 5.11. The smallest absolute Gasteiger partial charge is 0.416 e. The number of thiophene rings is 1. The molecule has 11 heteroatoms. The topological polar surface area (TPSA) is 75.9 Å². The summed E-state index contributed by atoms with van der Waals surface area (Å²) >= 11 is 2.56. The van der Waals surface area contributed by atoms with Crippen molar-refractivity contribution in [3.05, 3.63) is 65.7 Å². The Morgan fingerprint density at radius 3 is 2.41 bits per heavy atom. The van der Waals surface area contributed by atoms with Crippen LogP contribution in [-0.4, -0.2) is 17.5 Å². The SMILES string of the molecule is CCOc1ccc(N=Nc2cc3sc(NC(=O)c4ccc(C(F)(F)F)cc4)nc3s2)cc1. The van der Waals surface area contributed by atoms with Gasteiger partial charge in [-0.25, -0.2) is 4.98 Å². The summed E-state index contributed by atoms with van der Waals surface area (Å²) in [5.74, 6) is 0.230. The maximum atomic E-state index is 12.7. The molecule has 0 atom stereocenters. The van der Waals surface area contributed by atoms with Gasteiger partial charge in [0.05, 0.1) is 22.6 Å². The Kier molecular flexibility index (Phi) is 6.19. The van der Waals surface area contributed by atoms with Crippen LogP contribution in [0.3, 0.4) is 0 Å². The van der Waals surface area contributed by atoms with Crippen molar-refractivity contribution in [2.24, 2.45) is 10.2 Å². The minimum absolute atomic E-state index is 0.112. The van der Waals surface area contributed by atoms with Crippen LogP contribution in [0.4, 0.5) is 29.0 Å². The number of ether oxygens (including phenoxy) is 1. The Morgan fingerprint density at radius 2 is 1.78 bits per heavy atom. The number of rotatable bonds is 6. The van der Waals surface area contributed by atoms with Crippen molar-refractivity contribution in [1.29, 1.82) is 0 Å². The second-order valence-electron chi connectivity index (χ2n) is 6.43. The van der Waals surface area contributed by atoms with Gasteiger partial charge in [-0.2, -0.15) is 13.2 Å². The number of alkyl halides is 3. The zero-order valence-electron chi connectivity index (χ0n) is 16.5. The zero-order chi connectivity index (χ0) is 22.7. The Bertz CT molecular complexity index is 1230. The molecule has 0 aliphatic rings. The van der Waals surface area contributed by atoms with E-state index >= 15 is 0 Å². The highest BCUT2D eigenvalue weighted by Crippen LogP contribution is 2.38. The van der Waals surface area contributed by atoms with Gasteiger partial charge in [0.25, 0.3) is 5.91 Å². The average Bonchev–Trinajstić information content (AvgIpc) is 3.31. The monoisotopic (exact) mass is 476 g/mol. The van der Waals surface area contributed by atoms with Crippen molar-refractivity contribution in [3.63, 3.8) is 0 Å². The van der Waals surface area contributed by atoms with E-state index in [1.54, 1.807) is 12.1 Å². The van der Waals surface area contributed by atoms with E-state index in [0.717, 1.165) is 34.7 Å². The van der Waals surface area contributed by atoms with Gasteiger partial charge in [-0.3, -0.25) is 10.1 Å². The van der Waals surface area contributed by atoms with Gasteiger partial charge in [0, 0.05) is 5.56 Å². The molecule has 1 N–H and O–H groups in total. The quantitative estimate of drug-likeness (QED) is 0.294. The molecule has 2 aromatic heterocycles. The molecule has 0 fully saturated rings. The standard InChI is InChI=1S/C21H15F3N4O2S2/c1-2-30-15-9-7-14(8-10-15)27-28-17-11-16-19(32-17)26-20(31-16)25-18(29)12-3-5-13(6-4-12)21(22,23)24/h3-11H,2H2,1H3,(H,25,26,29). The first-order valence-electron chi connectivity index (χ1n) is 9.35. The number of aromatic nitrogens is 1. The van der Waals surface area contributed by atoms with E-state index in [1.165, 1.54) is 22.7 Å². The fraction of sp³-hybridized carbons (Fsp3) is 0.143. The number of fused-ring (bicyclic) bond motifs is 1. The molecule has 0 saturated carbocycles. The lowest BCUT2D eigenvalue weighted by Crippen LogP contribution is -2.12. The van der Waals surface area contributed by atoms with Crippen molar-refractivity contribution >= 4 is 53.9 Å². The number of carbonyl (C=O) groups excluding carboxylic acids is 1. The molecule has 0 radical (unpaired) electrons. The fourth-order valence-corrected chi connectivity index (χ4v) is 4.62. The molecule has 2 aromatic carbocycles. The van der Waals surface area contributed by atoms with E-state index < -0.39 is 17.6 Å². The summed E-state index contributed by atoms with van der Waals surface area (Å²) in [6, 6.07) is 13.1. The molecule has 164 valence electrons. The van der Waals surface area contributed by atoms with Gasteiger partial charge < -0.3 is 4.74 Å². The van der Waals surface area contributed by atoms with Gasteiger partial charge in [-0.1, -0.05) is 22.7 Å². The Labute approximate surface area is 188 Å². The number of amides is 1. The maximum Gasteiger partial charge on any atom is 0.416 e. The predicted molar refractivity (Wildman–Crippen MR) is 119 cm³/mol. The van der Waals surface area contributed by atoms with Crippen LogP contribution in [0.5, 0.6) is 5.75 Å². The Balaban J connectivity index is 1.41. The van der Waals surface area contributed by atoms with Gasteiger partial charge in [0.2, 0.25) is 0 Å². The van der Waals surface area contributed by atoms with Crippen LogP contribution in [0.25, 0.3) is 9.53 Å². The summed E-state index contributed by atoms with van der Waals surface area (Å²) in [6.07, 6.45) is -4.45. The zero-order valence-corrected chi connectivity index (χ0v) is 18.1. The molecule has 1 amide bonds. The largest absolute Gasteiger partial charge is 0.494 e. The van der Waals surface area contributed by atoms with Gasteiger partial charge in [0.1, 0.15) is 15.6 Å². The van der Waals surface area contributed by atoms with Crippen LogP contribution in [0.1, 0.15) is 22.8 Å². The molecule has 0 spiro atoms. The van der Waals surface area contributed by atoms with Crippen molar-refractivity contribution in [2.45, 2.75) is 13.1 Å².